The monoisotopic (exact) mass is 372 g/mol. The lowest BCUT2D eigenvalue weighted by Crippen LogP contribution is -2.20. The van der Waals surface area contributed by atoms with Crippen molar-refractivity contribution in [2.75, 3.05) is 11.9 Å². The second-order valence-electron chi connectivity index (χ2n) is 4.65. The molecule has 1 unspecified atom stereocenters. The second-order valence-corrected chi connectivity index (χ2v) is 6.44. The minimum atomic E-state index is -0.0418. The number of nitrogens with one attached hydrogen (secondary N) is 1. The molecule has 0 saturated carbocycles. The fraction of sp³-hybridized carbons (Fsp3) is 0.200. The third-order valence-corrected chi connectivity index (χ3v) is 3.80. The van der Waals surface area contributed by atoms with Crippen molar-refractivity contribution in [2.45, 2.75) is 13.0 Å². The van der Waals surface area contributed by atoms with E-state index in [1.807, 2.05) is 25.1 Å². The Hall–Kier alpha value is -0.740. The number of rotatable bonds is 4. The highest BCUT2D eigenvalue weighted by Crippen LogP contribution is 2.27. The number of nitrogens with two attached hydrogens (primary N) is 1. The molecule has 106 valence electrons. The van der Waals surface area contributed by atoms with Crippen LogP contribution in [0.2, 0.25) is 10.0 Å². The number of halogens is 3. The molecule has 0 aliphatic heterocycles. The maximum Gasteiger partial charge on any atom is 0.0637 e. The number of hydrogen-bond acceptors (Lipinski definition) is 2. The van der Waals surface area contributed by atoms with E-state index >= 15 is 0 Å². The van der Waals surface area contributed by atoms with Crippen molar-refractivity contribution in [1.29, 1.82) is 0 Å². The molecule has 1 atom stereocenters. The first kappa shape index (κ1) is 15.6. The Labute approximate surface area is 137 Å². The molecule has 0 fully saturated rings. The van der Waals surface area contributed by atoms with Gasteiger partial charge in [0.25, 0.3) is 0 Å². The molecule has 0 radical (unpaired) electrons. The van der Waals surface area contributed by atoms with E-state index in [0.29, 0.717) is 16.6 Å². The molecule has 0 spiro atoms. The van der Waals surface area contributed by atoms with Gasteiger partial charge in [-0.3, -0.25) is 0 Å². The minimum Gasteiger partial charge on any atom is -0.377 e. The van der Waals surface area contributed by atoms with Crippen molar-refractivity contribution in [3.05, 3.63) is 62.0 Å². The second kappa shape index (κ2) is 6.81. The molecule has 3 N–H and O–H groups in total. The lowest BCUT2D eigenvalue weighted by Gasteiger charge is -2.20. The number of anilines is 1. The van der Waals surface area contributed by atoms with Gasteiger partial charge in [0.15, 0.2) is 0 Å². The molecule has 5 heteroatoms. The molecule has 0 amide bonds. The maximum atomic E-state index is 6.04. The Morgan fingerprint density at radius 2 is 1.75 bits per heavy atom. The zero-order chi connectivity index (χ0) is 14.7. The molecule has 0 aromatic heterocycles. The van der Waals surface area contributed by atoms with Gasteiger partial charge < -0.3 is 11.1 Å². The predicted octanol–water partition coefficient (Wildman–Crippen LogP) is 5.18. The van der Waals surface area contributed by atoms with Gasteiger partial charge in [0.2, 0.25) is 0 Å². The van der Waals surface area contributed by atoms with Crippen LogP contribution < -0.4 is 11.1 Å². The molecule has 0 saturated heterocycles. The van der Waals surface area contributed by atoms with E-state index in [4.69, 9.17) is 28.9 Å². The number of hydrogen-bond donors (Lipinski definition) is 2. The summed E-state index contributed by atoms with van der Waals surface area (Å²) in [6, 6.07) is 11.6. The summed E-state index contributed by atoms with van der Waals surface area (Å²) in [5.74, 6) is 0. The molecule has 2 aromatic rings. The van der Waals surface area contributed by atoms with E-state index in [-0.39, 0.29) is 6.04 Å². The van der Waals surface area contributed by atoms with Gasteiger partial charge in [0, 0.05) is 26.8 Å². The van der Waals surface area contributed by atoms with Gasteiger partial charge in [-0.2, -0.15) is 0 Å². The summed E-state index contributed by atoms with van der Waals surface area (Å²) in [5.41, 5.74) is 9.01. The third kappa shape index (κ3) is 4.13. The average molecular weight is 374 g/mol. The highest BCUT2D eigenvalue weighted by atomic mass is 79.9. The van der Waals surface area contributed by atoms with Gasteiger partial charge in [0.05, 0.1) is 6.04 Å². The van der Waals surface area contributed by atoms with Crippen LogP contribution in [0, 0.1) is 6.92 Å². The largest absolute Gasteiger partial charge is 0.377 e. The van der Waals surface area contributed by atoms with E-state index in [2.05, 4.69) is 33.4 Å². The van der Waals surface area contributed by atoms with Crippen molar-refractivity contribution in [3.63, 3.8) is 0 Å². The van der Waals surface area contributed by atoms with Crippen LogP contribution in [0.4, 0.5) is 5.69 Å². The maximum absolute atomic E-state index is 6.04. The topological polar surface area (TPSA) is 38.0 Å². The van der Waals surface area contributed by atoms with Crippen molar-refractivity contribution in [2.24, 2.45) is 5.73 Å². The van der Waals surface area contributed by atoms with Crippen LogP contribution in [0.15, 0.2) is 40.9 Å². The summed E-state index contributed by atoms with van der Waals surface area (Å²) in [4.78, 5) is 0. The first-order valence-electron chi connectivity index (χ1n) is 6.17. The number of benzene rings is 2. The highest BCUT2D eigenvalue weighted by molar-refractivity contribution is 9.10. The van der Waals surface area contributed by atoms with Gasteiger partial charge >= 0.3 is 0 Å². The summed E-state index contributed by atoms with van der Waals surface area (Å²) in [5, 5.41) is 4.63. The zero-order valence-electron chi connectivity index (χ0n) is 11.0. The van der Waals surface area contributed by atoms with Crippen LogP contribution in [-0.2, 0) is 0 Å². The van der Waals surface area contributed by atoms with E-state index in [9.17, 15) is 0 Å². The van der Waals surface area contributed by atoms with Gasteiger partial charge in [0.1, 0.15) is 0 Å². The molecule has 2 aromatic carbocycles. The normalized spacial score (nSPS) is 12.2. The summed E-state index contributed by atoms with van der Waals surface area (Å²) in [6.07, 6.45) is 0. The molecular formula is C15H15BrCl2N2. The van der Waals surface area contributed by atoms with Crippen LogP contribution in [-0.4, -0.2) is 6.54 Å². The Bertz CT molecular complexity index is 576. The Morgan fingerprint density at radius 1 is 1.10 bits per heavy atom. The highest BCUT2D eigenvalue weighted by Gasteiger charge is 2.11. The van der Waals surface area contributed by atoms with E-state index in [1.165, 1.54) is 5.56 Å². The SMILES string of the molecule is Cc1cc(Br)cc(NC(CN)c2cc(Cl)cc(Cl)c2)c1. The fourth-order valence-electron chi connectivity index (χ4n) is 2.08. The third-order valence-electron chi connectivity index (χ3n) is 2.91. The number of aryl methyl sites for hydroxylation is 1. The van der Waals surface area contributed by atoms with E-state index in [1.54, 1.807) is 6.07 Å². The Balaban J connectivity index is 2.28. The van der Waals surface area contributed by atoms with Gasteiger partial charge in [-0.15, -0.1) is 0 Å². The molecule has 2 nitrogen and oxygen atoms in total. The van der Waals surface area contributed by atoms with Crippen LogP contribution >= 0.6 is 39.1 Å². The minimum absolute atomic E-state index is 0.0418. The Kier molecular flexibility index (Phi) is 5.33. The molecule has 0 bridgehead atoms. The van der Waals surface area contributed by atoms with Crippen molar-refractivity contribution in [1.82, 2.24) is 0 Å². The fourth-order valence-corrected chi connectivity index (χ4v) is 3.23. The quantitative estimate of drug-likeness (QED) is 0.775. The lowest BCUT2D eigenvalue weighted by atomic mass is 10.1. The van der Waals surface area contributed by atoms with Crippen molar-refractivity contribution < 1.29 is 0 Å². The first-order chi connectivity index (χ1) is 9.47. The lowest BCUT2D eigenvalue weighted by molar-refractivity contribution is 0.790. The molecular weight excluding hydrogens is 359 g/mol. The van der Waals surface area contributed by atoms with Crippen molar-refractivity contribution in [3.8, 4) is 0 Å². The molecule has 0 aliphatic carbocycles. The van der Waals surface area contributed by atoms with Crippen molar-refractivity contribution >= 4 is 44.8 Å². The summed E-state index contributed by atoms with van der Waals surface area (Å²) in [7, 11) is 0. The molecule has 0 aliphatic rings. The van der Waals surface area contributed by atoms with Gasteiger partial charge in [-0.25, -0.2) is 0 Å². The van der Waals surface area contributed by atoms with E-state index in [0.717, 1.165) is 15.7 Å². The van der Waals surface area contributed by atoms with Crippen LogP contribution in [0.25, 0.3) is 0 Å². The van der Waals surface area contributed by atoms with Crippen LogP contribution in [0.5, 0.6) is 0 Å². The summed E-state index contributed by atoms with van der Waals surface area (Å²) < 4.78 is 1.03. The first-order valence-corrected chi connectivity index (χ1v) is 7.72. The zero-order valence-corrected chi connectivity index (χ0v) is 14.1. The van der Waals surface area contributed by atoms with Crippen LogP contribution in [0.1, 0.15) is 17.2 Å². The van der Waals surface area contributed by atoms with E-state index < -0.39 is 0 Å². The standard InChI is InChI=1S/C15H15BrCl2N2/c1-9-2-11(16)6-14(3-9)20-15(8-19)10-4-12(17)7-13(18)5-10/h2-7,15,20H,8,19H2,1H3. The van der Waals surface area contributed by atoms with Gasteiger partial charge in [-0.05, 0) is 54.4 Å². The Morgan fingerprint density at radius 3 is 2.30 bits per heavy atom. The summed E-state index contributed by atoms with van der Waals surface area (Å²) in [6.45, 7) is 2.49. The average Bonchev–Trinajstić information content (AvgIpc) is 2.33. The molecule has 0 heterocycles. The smallest absolute Gasteiger partial charge is 0.0637 e. The van der Waals surface area contributed by atoms with Crippen LogP contribution in [0.3, 0.4) is 0 Å². The summed E-state index contributed by atoms with van der Waals surface area (Å²) >= 11 is 15.6. The predicted molar refractivity (Wildman–Crippen MR) is 90.8 cm³/mol. The molecule has 20 heavy (non-hydrogen) atoms. The van der Waals surface area contributed by atoms with Gasteiger partial charge in [-0.1, -0.05) is 39.1 Å². The molecule has 2 rings (SSSR count).